The van der Waals surface area contributed by atoms with Crippen LogP contribution in [0.25, 0.3) is 0 Å². The first-order valence-corrected chi connectivity index (χ1v) is 9.53. The fourth-order valence-electron chi connectivity index (χ4n) is 2.96. The SMILES string of the molecule is CC1=C(C(=O)Nc2ccccc2F)[C@@H](c2ccco2)C(C#N)=C(SCC(N)=O)N1. The fraction of sp³-hybridized carbons (Fsp3) is 0.150. The van der Waals surface area contributed by atoms with E-state index < -0.39 is 23.5 Å². The first kappa shape index (κ1) is 20.2. The predicted molar refractivity (Wildman–Crippen MR) is 107 cm³/mol. The summed E-state index contributed by atoms with van der Waals surface area (Å²) in [7, 11) is 0. The molecule has 2 amide bonds. The lowest BCUT2D eigenvalue weighted by atomic mass is 9.85. The largest absolute Gasteiger partial charge is 0.468 e. The third-order valence-corrected chi connectivity index (χ3v) is 5.24. The number of furan rings is 1. The number of para-hydroxylation sites is 1. The maximum absolute atomic E-state index is 14.0. The van der Waals surface area contributed by atoms with Gasteiger partial charge in [0.2, 0.25) is 5.91 Å². The summed E-state index contributed by atoms with van der Waals surface area (Å²) in [6.45, 7) is 1.66. The van der Waals surface area contributed by atoms with E-state index in [1.807, 2.05) is 0 Å². The molecule has 29 heavy (non-hydrogen) atoms. The van der Waals surface area contributed by atoms with E-state index >= 15 is 0 Å². The van der Waals surface area contributed by atoms with Crippen LogP contribution in [-0.4, -0.2) is 17.6 Å². The van der Waals surface area contributed by atoms with Crippen LogP contribution in [0.3, 0.4) is 0 Å². The zero-order valence-electron chi connectivity index (χ0n) is 15.4. The van der Waals surface area contributed by atoms with Gasteiger partial charge in [-0.3, -0.25) is 9.59 Å². The van der Waals surface area contributed by atoms with Crippen molar-refractivity contribution in [1.29, 1.82) is 5.26 Å². The average molecular weight is 412 g/mol. The summed E-state index contributed by atoms with van der Waals surface area (Å²) >= 11 is 1.07. The van der Waals surface area contributed by atoms with E-state index in [9.17, 15) is 19.2 Å². The number of dihydropyridines is 1. The Morgan fingerprint density at radius 1 is 1.34 bits per heavy atom. The van der Waals surface area contributed by atoms with Crippen molar-refractivity contribution in [3.05, 3.63) is 76.1 Å². The Bertz CT molecular complexity index is 1050. The maximum Gasteiger partial charge on any atom is 0.254 e. The molecule has 148 valence electrons. The topological polar surface area (TPSA) is 121 Å². The van der Waals surface area contributed by atoms with Crippen LogP contribution in [-0.2, 0) is 9.59 Å². The highest BCUT2D eigenvalue weighted by molar-refractivity contribution is 8.03. The Labute approximate surface area is 170 Å². The third-order valence-electron chi connectivity index (χ3n) is 4.20. The minimum Gasteiger partial charge on any atom is -0.468 e. The summed E-state index contributed by atoms with van der Waals surface area (Å²) in [6.07, 6.45) is 1.43. The van der Waals surface area contributed by atoms with Crippen molar-refractivity contribution in [3.63, 3.8) is 0 Å². The van der Waals surface area contributed by atoms with Gasteiger partial charge in [-0.05, 0) is 31.2 Å². The highest BCUT2D eigenvalue weighted by Gasteiger charge is 2.36. The lowest BCUT2D eigenvalue weighted by Crippen LogP contribution is -2.31. The number of rotatable bonds is 6. The van der Waals surface area contributed by atoms with Gasteiger partial charge < -0.3 is 20.8 Å². The van der Waals surface area contributed by atoms with Crippen molar-refractivity contribution in [1.82, 2.24) is 5.32 Å². The van der Waals surface area contributed by atoms with Crippen molar-refractivity contribution in [2.45, 2.75) is 12.8 Å². The molecule has 1 aliphatic heterocycles. The molecule has 2 aromatic rings. The number of nitrogens with zero attached hydrogens (tertiary/aromatic N) is 1. The monoisotopic (exact) mass is 412 g/mol. The molecular formula is C20H17FN4O3S. The van der Waals surface area contributed by atoms with E-state index in [0.29, 0.717) is 16.5 Å². The highest BCUT2D eigenvalue weighted by Crippen LogP contribution is 2.41. The molecule has 0 unspecified atom stereocenters. The molecule has 0 spiro atoms. The molecule has 4 N–H and O–H groups in total. The first-order valence-electron chi connectivity index (χ1n) is 8.54. The summed E-state index contributed by atoms with van der Waals surface area (Å²) in [5, 5.41) is 15.7. The van der Waals surface area contributed by atoms with E-state index in [1.165, 1.54) is 24.5 Å². The number of benzene rings is 1. The molecule has 0 saturated heterocycles. The van der Waals surface area contributed by atoms with Gasteiger partial charge in [0.15, 0.2) is 0 Å². The van der Waals surface area contributed by atoms with Gasteiger partial charge in [-0.15, -0.1) is 0 Å². The van der Waals surface area contributed by atoms with Gasteiger partial charge in [0, 0.05) is 5.70 Å². The summed E-state index contributed by atoms with van der Waals surface area (Å²) in [5.41, 5.74) is 6.10. The van der Waals surface area contributed by atoms with Crippen molar-refractivity contribution in [2.75, 3.05) is 11.1 Å². The number of halogens is 1. The molecule has 1 aliphatic rings. The van der Waals surface area contributed by atoms with Crippen molar-refractivity contribution in [3.8, 4) is 6.07 Å². The number of carbonyl (C=O) groups is 2. The van der Waals surface area contributed by atoms with Crippen LogP contribution in [0.4, 0.5) is 10.1 Å². The second kappa shape index (κ2) is 8.67. The molecule has 0 bridgehead atoms. The smallest absolute Gasteiger partial charge is 0.254 e. The number of primary amides is 1. The normalized spacial score (nSPS) is 16.2. The van der Waals surface area contributed by atoms with E-state index in [0.717, 1.165) is 11.8 Å². The molecule has 1 aromatic heterocycles. The third kappa shape index (κ3) is 4.33. The number of nitrogens with two attached hydrogens (primary N) is 1. The number of anilines is 1. The van der Waals surface area contributed by atoms with Gasteiger partial charge in [-0.25, -0.2) is 4.39 Å². The molecule has 0 fully saturated rings. The first-order chi connectivity index (χ1) is 13.9. The number of hydrogen-bond acceptors (Lipinski definition) is 6. The number of thioether (sulfide) groups is 1. The maximum atomic E-state index is 14.0. The Balaban J connectivity index is 2.02. The van der Waals surface area contributed by atoms with Crippen LogP contribution >= 0.6 is 11.8 Å². The molecule has 1 atom stereocenters. The van der Waals surface area contributed by atoms with E-state index in [1.54, 1.807) is 25.1 Å². The van der Waals surface area contributed by atoms with E-state index in [-0.39, 0.29) is 22.6 Å². The average Bonchev–Trinajstić information content (AvgIpc) is 3.21. The molecule has 2 heterocycles. The molecule has 0 radical (unpaired) electrons. The quantitative estimate of drug-likeness (QED) is 0.671. The molecule has 7 nitrogen and oxygen atoms in total. The van der Waals surface area contributed by atoms with Crippen LogP contribution < -0.4 is 16.4 Å². The van der Waals surface area contributed by atoms with Crippen LogP contribution in [0, 0.1) is 17.1 Å². The highest BCUT2D eigenvalue weighted by atomic mass is 32.2. The van der Waals surface area contributed by atoms with Crippen LogP contribution in [0.2, 0.25) is 0 Å². The summed E-state index contributed by atoms with van der Waals surface area (Å²) in [4.78, 5) is 24.2. The van der Waals surface area contributed by atoms with Gasteiger partial charge in [-0.2, -0.15) is 5.26 Å². The van der Waals surface area contributed by atoms with Crippen molar-refractivity contribution >= 4 is 29.3 Å². The number of hydrogen-bond donors (Lipinski definition) is 3. The number of nitriles is 1. The van der Waals surface area contributed by atoms with Gasteiger partial charge in [0.25, 0.3) is 5.91 Å². The lowest BCUT2D eigenvalue weighted by molar-refractivity contribution is -0.115. The number of allylic oxidation sites excluding steroid dienone is 2. The Hall–Kier alpha value is -3.51. The van der Waals surface area contributed by atoms with Crippen molar-refractivity contribution in [2.24, 2.45) is 5.73 Å². The molecule has 9 heteroatoms. The van der Waals surface area contributed by atoms with Crippen molar-refractivity contribution < 1.29 is 18.4 Å². The second-order valence-corrected chi connectivity index (χ2v) is 7.14. The fourth-order valence-corrected chi connectivity index (χ4v) is 3.79. The minimum atomic E-state index is -0.821. The van der Waals surface area contributed by atoms with Gasteiger partial charge in [0.1, 0.15) is 11.6 Å². The summed E-state index contributed by atoms with van der Waals surface area (Å²) < 4.78 is 19.5. The van der Waals surface area contributed by atoms with Gasteiger partial charge >= 0.3 is 0 Å². The molecule has 0 aliphatic carbocycles. The zero-order chi connectivity index (χ0) is 21.0. The zero-order valence-corrected chi connectivity index (χ0v) is 16.2. The number of nitrogens with one attached hydrogen (secondary N) is 2. The summed E-state index contributed by atoms with van der Waals surface area (Å²) in [6, 6.07) is 11.2. The molecule has 0 saturated carbocycles. The van der Waals surface area contributed by atoms with E-state index in [2.05, 4.69) is 16.7 Å². The molecular weight excluding hydrogens is 395 g/mol. The number of amides is 2. The number of carbonyl (C=O) groups excluding carboxylic acids is 2. The Morgan fingerprint density at radius 3 is 2.72 bits per heavy atom. The van der Waals surface area contributed by atoms with Gasteiger partial charge in [0.05, 0.1) is 45.9 Å². The Morgan fingerprint density at radius 2 is 2.10 bits per heavy atom. The van der Waals surface area contributed by atoms with E-state index in [4.69, 9.17) is 10.2 Å². The minimum absolute atomic E-state index is 0.0207. The Kier molecular flexibility index (Phi) is 6.04. The van der Waals surface area contributed by atoms with Crippen LogP contribution in [0.15, 0.2) is 69.0 Å². The predicted octanol–water partition coefficient (Wildman–Crippen LogP) is 2.97. The van der Waals surface area contributed by atoms with Crippen LogP contribution in [0.5, 0.6) is 0 Å². The summed E-state index contributed by atoms with van der Waals surface area (Å²) in [5.74, 6) is -2.18. The lowest BCUT2D eigenvalue weighted by Gasteiger charge is -2.28. The van der Waals surface area contributed by atoms with Gasteiger partial charge in [-0.1, -0.05) is 23.9 Å². The molecule has 1 aromatic carbocycles. The molecule has 3 rings (SSSR count). The standard InChI is InChI=1S/C20H17FN4O3S/c1-11-17(19(27)25-14-6-3-2-5-13(14)21)18(15-7-4-8-28-15)12(9-22)20(24-11)29-10-16(23)26/h2-8,18,24H,10H2,1H3,(H2,23,26)(H,25,27)/t18-/m1/s1. The second-order valence-electron chi connectivity index (χ2n) is 6.16. The van der Waals surface area contributed by atoms with Crippen LogP contribution in [0.1, 0.15) is 18.6 Å².